The van der Waals surface area contributed by atoms with Crippen LogP contribution in [0.25, 0.3) is 0 Å². The number of ether oxygens (including phenoxy) is 1. The third-order valence-corrected chi connectivity index (χ3v) is 5.35. The van der Waals surface area contributed by atoms with Crippen LogP contribution in [0.3, 0.4) is 0 Å². The van der Waals surface area contributed by atoms with E-state index in [0.717, 1.165) is 12.2 Å². The van der Waals surface area contributed by atoms with Crippen molar-refractivity contribution in [2.45, 2.75) is 19.4 Å². The zero-order chi connectivity index (χ0) is 16.9. The molecule has 0 saturated carbocycles. The van der Waals surface area contributed by atoms with Gasteiger partial charge in [-0.15, -0.1) is 0 Å². The first kappa shape index (κ1) is 18.2. The van der Waals surface area contributed by atoms with Crippen LogP contribution in [0.1, 0.15) is 12.5 Å². The van der Waals surface area contributed by atoms with Gasteiger partial charge in [-0.05, 0) is 24.1 Å². The molecule has 0 aromatic heterocycles. The second-order valence-corrected chi connectivity index (χ2v) is 7.91. The van der Waals surface area contributed by atoms with E-state index in [-0.39, 0.29) is 6.61 Å². The molecule has 6 nitrogen and oxygen atoms in total. The molecule has 2 rings (SSSR count). The van der Waals surface area contributed by atoms with Crippen LogP contribution in [0.15, 0.2) is 24.3 Å². The van der Waals surface area contributed by atoms with Gasteiger partial charge in [0.25, 0.3) is 0 Å². The molecule has 0 radical (unpaired) electrons. The van der Waals surface area contributed by atoms with Crippen LogP contribution in [-0.2, 0) is 16.4 Å². The molecule has 1 atom stereocenters. The summed E-state index contributed by atoms with van der Waals surface area (Å²) in [7, 11) is -3.11. The molecule has 1 aromatic rings. The van der Waals surface area contributed by atoms with Gasteiger partial charge in [0.05, 0.1) is 6.26 Å². The van der Waals surface area contributed by atoms with Crippen molar-refractivity contribution in [3.63, 3.8) is 0 Å². The molecule has 0 amide bonds. The lowest BCUT2D eigenvalue weighted by Gasteiger charge is -2.34. The van der Waals surface area contributed by atoms with Crippen LogP contribution in [0.2, 0.25) is 0 Å². The van der Waals surface area contributed by atoms with E-state index in [9.17, 15) is 13.5 Å². The summed E-state index contributed by atoms with van der Waals surface area (Å²) in [4.78, 5) is 2.07. The summed E-state index contributed by atoms with van der Waals surface area (Å²) in [6.45, 7) is 5.05. The number of rotatable bonds is 7. The number of nitrogens with zero attached hydrogens (tertiary/aromatic N) is 2. The van der Waals surface area contributed by atoms with Crippen molar-refractivity contribution >= 4 is 10.0 Å². The maximum absolute atomic E-state index is 11.5. The van der Waals surface area contributed by atoms with E-state index in [1.165, 1.54) is 16.1 Å². The average Bonchev–Trinajstić information content (AvgIpc) is 2.53. The van der Waals surface area contributed by atoms with Gasteiger partial charge in [-0.3, -0.25) is 4.90 Å². The normalized spacial score (nSPS) is 18.7. The standard InChI is InChI=1S/C16H26N2O4S/c1-3-14-4-6-16(7-5-14)22-13-15(19)12-17-8-10-18(11-9-17)23(2,20)21/h4-7,15,19H,3,8-13H2,1-2H3. The van der Waals surface area contributed by atoms with Crippen molar-refractivity contribution in [3.8, 4) is 5.75 Å². The lowest BCUT2D eigenvalue weighted by molar-refractivity contribution is 0.0569. The second kappa shape index (κ2) is 8.10. The number of aliphatic hydroxyl groups is 1. The smallest absolute Gasteiger partial charge is 0.211 e. The molecule has 1 fully saturated rings. The molecule has 1 unspecified atom stereocenters. The molecule has 1 N–H and O–H groups in total. The van der Waals surface area contributed by atoms with Crippen LogP contribution in [0.5, 0.6) is 5.75 Å². The van der Waals surface area contributed by atoms with Crippen LogP contribution in [0, 0.1) is 0 Å². The average molecular weight is 342 g/mol. The minimum absolute atomic E-state index is 0.234. The zero-order valence-electron chi connectivity index (χ0n) is 13.8. The molecule has 130 valence electrons. The topological polar surface area (TPSA) is 70.1 Å². The fraction of sp³-hybridized carbons (Fsp3) is 0.625. The van der Waals surface area contributed by atoms with Crippen molar-refractivity contribution in [1.82, 2.24) is 9.21 Å². The van der Waals surface area contributed by atoms with E-state index in [4.69, 9.17) is 4.74 Å². The summed E-state index contributed by atoms with van der Waals surface area (Å²) in [5.41, 5.74) is 1.25. The monoisotopic (exact) mass is 342 g/mol. The molecule has 1 aromatic carbocycles. The highest BCUT2D eigenvalue weighted by Gasteiger charge is 2.24. The van der Waals surface area contributed by atoms with Gasteiger partial charge in [0.15, 0.2) is 0 Å². The van der Waals surface area contributed by atoms with Gasteiger partial charge >= 0.3 is 0 Å². The van der Waals surface area contributed by atoms with Gasteiger partial charge in [0.2, 0.25) is 10.0 Å². The summed E-state index contributed by atoms with van der Waals surface area (Å²) in [6.07, 6.45) is 1.63. The summed E-state index contributed by atoms with van der Waals surface area (Å²) in [6, 6.07) is 7.87. The largest absolute Gasteiger partial charge is 0.491 e. The van der Waals surface area contributed by atoms with E-state index < -0.39 is 16.1 Å². The van der Waals surface area contributed by atoms with Crippen LogP contribution >= 0.6 is 0 Å². The lowest BCUT2D eigenvalue weighted by Crippen LogP contribution is -2.50. The van der Waals surface area contributed by atoms with Crippen LogP contribution in [0.4, 0.5) is 0 Å². The minimum Gasteiger partial charge on any atom is -0.491 e. The molecule has 7 heteroatoms. The maximum atomic E-state index is 11.5. The predicted molar refractivity (Wildman–Crippen MR) is 90.2 cm³/mol. The minimum atomic E-state index is -3.11. The number of hydrogen-bond donors (Lipinski definition) is 1. The SMILES string of the molecule is CCc1ccc(OCC(O)CN2CCN(S(C)(=O)=O)CC2)cc1. The number of β-amino-alcohol motifs (C(OH)–C–C–N with tert-alkyl or cyclic N) is 1. The van der Waals surface area contributed by atoms with Crippen LogP contribution < -0.4 is 4.74 Å². The Labute approximate surface area is 138 Å². The number of aryl methyl sites for hydroxylation is 1. The number of hydrogen-bond acceptors (Lipinski definition) is 5. The molecule has 0 spiro atoms. The lowest BCUT2D eigenvalue weighted by atomic mass is 10.2. The highest BCUT2D eigenvalue weighted by Crippen LogP contribution is 2.13. The first-order chi connectivity index (χ1) is 10.9. The molecule has 1 saturated heterocycles. The number of aliphatic hydroxyl groups excluding tert-OH is 1. The molecule has 23 heavy (non-hydrogen) atoms. The molecule has 0 aliphatic carbocycles. The Balaban J connectivity index is 1.72. The third kappa shape index (κ3) is 5.76. The van der Waals surface area contributed by atoms with Crippen molar-refractivity contribution in [1.29, 1.82) is 0 Å². The van der Waals surface area contributed by atoms with E-state index in [1.54, 1.807) is 0 Å². The number of benzene rings is 1. The van der Waals surface area contributed by atoms with Crippen molar-refractivity contribution in [2.75, 3.05) is 45.6 Å². The van der Waals surface area contributed by atoms with E-state index >= 15 is 0 Å². The van der Waals surface area contributed by atoms with Gasteiger partial charge < -0.3 is 9.84 Å². The first-order valence-electron chi connectivity index (χ1n) is 7.95. The Hall–Kier alpha value is -1.15. The van der Waals surface area contributed by atoms with Gasteiger partial charge in [-0.1, -0.05) is 19.1 Å². The number of sulfonamides is 1. The second-order valence-electron chi connectivity index (χ2n) is 5.92. The molecule has 0 bridgehead atoms. The number of piperazine rings is 1. The molecule has 1 aliphatic heterocycles. The Kier molecular flexibility index (Phi) is 6.41. The van der Waals surface area contributed by atoms with E-state index in [1.807, 2.05) is 24.3 Å². The van der Waals surface area contributed by atoms with Crippen molar-refractivity contribution in [3.05, 3.63) is 29.8 Å². The quantitative estimate of drug-likeness (QED) is 0.784. The predicted octanol–water partition coefficient (Wildman–Crippen LogP) is 0.566. The zero-order valence-corrected chi connectivity index (χ0v) is 14.6. The Morgan fingerprint density at radius 1 is 1.17 bits per heavy atom. The van der Waals surface area contributed by atoms with Gasteiger partial charge in [0.1, 0.15) is 18.5 Å². The van der Waals surface area contributed by atoms with E-state index in [2.05, 4.69) is 11.8 Å². The third-order valence-electron chi connectivity index (χ3n) is 4.04. The molecule has 1 aliphatic rings. The van der Waals surface area contributed by atoms with Crippen molar-refractivity contribution < 1.29 is 18.3 Å². The summed E-state index contributed by atoms with van der Waals surface area (Å²) < 4.78 is 30.0. The maximum Gasteiger partial charge on any atom is 0.211 e. The van der Waals surface area contributed by atoms with Crippen LogP contribution in [-0.4, -0.2) is 74.4 Å². The van der Waals surface area contributed by atoms with Gasteiger partial charge in [-0.2, -0.15) is 4.31 Å². The Morgan fingerprint density at radius 3 is 2.30 bits per heavy atom. The van der Waals surface area contributed by atoms with Gasteiger partial charge in [0, 0.05) is 32.7 Å². The molecular weight excluding hydrogens is 316 g/mol. The highest BCUT2D eigenvalue weighted by atomic mass is 32.2. The first-order valence-corrected chi connectivity index (χ1v) is 9.80. The highest BCUT2D eigenvalue weighted by molar-refractivity contribution is 7.88. The summed E-state index contributed by atoms with van der Waals surface area (Å²) >= 11 is 0. The fourth-order valence-electron chi connectivity index (χ4n) is 2.61. The molecular formula is C16H26N2O4S. The van der Waals surface area contributed by atoms with Gasteiger partial charge in [-0.25, -0.2) is 8.42 Å². The molecule has 1 heterocycles. The summed E-state index contributed by atoms with van der Waals surface area (Å²) in [5.74, 6) is 0.753. The van der Waals surface area contributed by atoms with E-state index in [0.29, 0.717) is 32.7 Å². The fourth-order valence-corrected chi connectivity index (χ4v) is 3.43. The van der Waals surface area contributed by atoms with Crippen molar-refractivity contribution in [2.24, 2.45) is 0 Å². The Bertz CT molecular complexity index is 581. The summed E-state index contributed by atoms with van der Waals surface area (Å²) in [5, 5.41) is 10.1. The Morgan fingerprint density at radius 2 is 1.78 bits per heavy atom.